The maximum Gasteiger partial charge on any atom is 0.227 e. The first-order valence-electron chi connectivity index (χ1n) is 5.27. The van der Waals surface area contributed by atoms with Gasteiger partial charge in [0.2, 0.25) is 5.91 Å². The molecule has 1 aromatic carbocycles. The maximum atomic E-state index is 12.9. The Morgan fingerprint density at radius 3 is 2.81 bits per heavy atom. The van der Waals surface area contributed by atoms with E-state index in [4.69, 9.17) is 5.73 Å². The summed E-state index contributed by atoms with van der Waals surface area (Å²) in [6.07, 6.45) is 0.244. The average molecular weight is 222 g/mol. The lowest BCUT2D eigenvalue weighted by Crippen LogP contribution is -2.67. The highest BCUT2D eigenvalue weighted by Gasteiger charge is 2.37. The van der Waals surface area contributed by atoms with Crippen LogP contribution in [0.3, 0.4) is 0 Å². The van der Waals surface area contributed by atoms with Gasteiger partial charge in [-0.1, -0.05) is 12.1 Å². The largest absolute Gasteiger partial charge is 0.339 e. The van der Waals surface area contributed by atoms with Gasteiger partial charge in [-0.15, -0.1) is 0 Å². The predicted molar refractivity (Wildman–Crippen MR) is 59.3 cm³/mol. The lowest BCUT2D eigenvalue weighted by molar-refractivity contribution is -0.137. The van der Waals surface area contributed by atoms with E-state index in [0.29, 0.717) is 18.7 Å². The van der Waals surface area contributed by atoms with Crippen molar-refractivity contribution in [2.45, 2.75) is 18.9 Å². The van der Waals surface area contributed by atoms with Crippen molar-refractivity contribution >= 4 is 5.91 Å². The van der Waals surface area contributed by atoms with Crippen LogP contribution in [0.4, 0.5) is 4.39 Å². The average Bonchev–Trinajstić information content (AvgIpc) is 2.13. The van der Waals surface area contributed by atoms with Gasteiger partial charge in [0.25, 0.3) is 0 Å². The molecule has 1 heterocycles. The van der Waals surface area contributed by atoms with E-state index < -0.39 is 0 Å². The first kappa shape index (κ1) is 11.1. The Morgan fingerprint density at radius 2 is 2.25 bits per heavy atom. The fraction of sp³-hybridized carbons (Fsp3) is 0.417. The first-order chi connectivity index (χ1) is 7.46. The van der Waals surface area contributed by atoms with Gasteiger partial charge in [0.1, 0.15) is 5.82 Å². The van der Waals surface area contributed by atoms with Gasteiger partial charge in [-0.25, -0.2) is 4.39 Å². The summed E-state index contributed by atoms with van der Waals surface area (Å²) in [6, 6.07) is 6.12. The molecule has 3 nitrogen and oxygen atoms in total. The molecule has 0 spiro atoms. The van der Waals surface area contributed by atoms with E-state index in [-0.39, 0.29) is 23.7 Å². The number of nitrogens with two attached hydrogens (primary N) is 1. The number of benzene rings is 1. The van der Waals surface area contributed by atoms with Crippen LogP contribution in [0.25, 0.3) is 0 Å². The Hall–Kier alpha value is -1.42. The zero-order chi connectivity index (χ0) is 11.8. The minimum absolute atomic E-state index is 0.00789. The van der Waals surface area contributed by atoms with E-state index in [1.165, 1.54) is 12.1 Å². The summed E-state index contributed by atoms with van der Waals surface area (Å²) in [7, 11) is 0. The van der Waals surface area contributed by atoms with Crippen LogP contribution < -0.4 is 5.73 Å². The van der Waals surface area contributed by atoms with E-state index in [9.17, 15) is 9.18 Å². The van der Waals surface area contributed by atoms with E-state index in [0.717, 1.165) is 0 Å². The zero-order valence-electron chi connectivity index (χ0n) is 9.24. The summed E-state index contributed by atoms with van der Waals surface area (Å²) in [5.41, 5.74) is 6.27. The lowest BCUT2D eigenvalue weighted by Gasteiger charge is -2.45. The standard InChI is InChI=1S/C12H15FN2O/c1-12(14)7-15(8-12)11(16)6-9-3-2-4-10(13)5-9/h2-5H,6-8,14H2,1H3. The van der Waals surface area contributed by atoms with E-state index in [2.05, 4.69) is 0 Å². The van der Waals surface area contributed by atoms with Crippen LogP contribution in [0.15, 0.2) is 24.3 Å². The highest BCUT2D eigenvalue weighted by molar-refractivity contribution is 5.79. The van der Waals surface area contributed by atoms with E-state index in [1.807, 2.05) is 6.92 Å². The number of hydrogen-bond donors (Lipinski definition) is 1. The summed E-state index contributed by atoms with van der Waals surface area (Å²) < 4.78 is 12.9. The summed E-state index contributed by atoms with van der Waals surface area (Å²) in [4.78, 5) is 13.4. The molecule has 0 unspecified atom stereocenters. The number of carbonyl (C=O) groups excluding carboxylic acids is 1. The van der Waals surface area contributed by atoms with Crippen molar-refractivity contribution in [2.24, 2.45) is 5.73 Å². The number of nitrogens with zero attached hydrogens (tertiary/aromatic N) is 1. The van der Waals surface area contributed by atoms with Crippen molar-refractivity contribution in [3.05, 3.63) is 35.6 Å². The van der Waals surface area contributed by atoms with Crippen molar-refractivity contribution in [2.75, 3.05) is 13.1 Å². The number of hydrogen-bond acceptors (Lipinski definition) is 2. The molecule has 0 bridgehead atoms. The molecule has 2 rings (SSSR count). The van der Waals surface area contributed by atoms with Gasteiger partial charge in [-0.05, 0) is 24.6 Å². The molecular formula is C12H15FN2O. The fourth-order valence-corrected chi connectivity index (χ4v) is 1.94. The number of rotatable bonds is 2. The molecule has 0 atom stereocenters. The molecule has 0 radical (unpaired) electrons. The van der Waals surface area contributed by atoms with Gasteiger partial charge in [0, 0.05) is 18.6 Å². The van der Waals surface area contributed by atoms with Crippen molar-refractivity contribution in [1.82, 2.24) is 4.90 Å². The molecule has 0 saturated carbocycles. The van der Waals surface area contributed by atoms with Crippen molar-refractivity contribution in [3.8, 4) is 0 Å². The van der Waals surface area contributed by atoms with Gasteiger partial charge in [-0.2, -0.15) is 0 Å². The third-order valence-electron chi connectivity index (χ3n) is 2.70. The number of likely N-dealkylation sites (tertiary alicyclic amines) is 1. The molecule has 1 saturated heterocycles. The van der Waals surface area contributed by atoms with Gasteiger partial charge >= 0.3 is 0 Å². The Kier molecular flexibility index (Phi) is 2.68. The number of halogens is 1. The first-order valence-corrected chi connectivity index (χ1v) is 5.27. The SMILES string of the molecule is CC1(N)CN(C(=O)Cc2cccc(F)c2)C1. The molecule has 16 heavy (non-hydrogen) atoms. The van der Waals surface area contributed by atoms with Crippen LogP contribution in [-0.2, 0) is 11.2 Å². The summed E-state index contributed by atoms with van der Waals surface area (Å²) in [6.45, 7) is 3.08. The molecule has 4 heteroatoms. The highest BCUT2D eigenvalue weighted by Crippen LogP contribution is 2.18. The molecule has 1 fully saturated rings. The second-order valence-electron chi connectivity index (χ2n) is 4.71. The second kappa shape index (κ2) is 3.87. The maximum absolute atomic E-state index is 12.9. The number of carbonyl (C=O) groups is 1. The van der Waals surface area contributed by atoms with Crippen molar-refractivity contribution < 1.29 is 9.18 Å². The smallest absolute Gasteiger partial charge is 0.227 e. The van der Waals surface area contributed by atoms with Crippen LogP contribution in [0.2, 0.25) is 0 Å². The van der Waals surface area contributed by atoms with Crippen LogP contribution in [-0.4, -0.2) is 29.4 Å². The summed E-state index contributed by atoms with van der Waals surface area (Å²) >= 11 is 0. The normalized spacial score (nSPS) is 18.1. The third-order valence-corrected chi connectivity index (χ3v) is 2.70. The quantitative estimate of drug-likeness (QED) is 0.809. The van der Waals surface area contributed by atoms with Crippen LogP contribution >= 0.6 is 0 Å². The lowest BCUT2D eigenvalue weighted by atomic mass is 9.93. The third kappa shape index (κ3) is 2.39. The van der Waals surface area contributed by atoms with Crippen molar-refractivity contribution in [1.29, 1.82) is 0 Å². The summed E-state index contributed by atoms with van der Waals surface area (Å²) in [5, 5.41) is 0. The molecule has 86 valence electrons. The molecule has 0 aromatic heterocycles. The molecule has 0 aliphatic carbocycles. The highest BCUT2D eigenvalue weighted by atomic mass is 19.1. The topological polar surface area (TPSA) is 46.3 Å². The van der Waals surface area contributed by atoms with E-state index in [1.54, 1.807) is 17.0 Å². The van der Waals surface area contributed by atoms with Gasteiger partial charge in [-0.3, -0.25) is 4.79 Å². The molecule has 1 aliphatic rings. The van der Waals surface area contributed by atoms with Crippen LogP contribution in [0.5, 0.6) is 0 Å². The van der Waals surface area contributed by atoms with Crippen LogP contribution in [0, 0.1) is 5.82 Å². The van der Waals surface area contributed by atoms with E-state index >= 15 is 0 Å². The van der Waals surface area contributed by atoms with Gasteiger partial charge in [0.15, 0.2) is 0 Å². The monoisotopic (exact) mass is 222 g/mol. The fourth-order valence-electron chi connectivity index (χ4n) is 1.94. The Balaban J connectivity index is 1.94. The molecule has 2 N–H and O–H groups in total. The minimum atomic E-state index is -0.308. The Bertz CT molecular complexity index is 409. The van der Waals surface area contributed by atoms with Gasteiger partial charge < -0.3 is 10.6 Å². The Labute approximate surface area is 94.0 Å². The molecular weight excluding hydrogens is 207 g/mol. The summed E-state index contributed by atoms with van der Waals surface area (Å²) in [5.74, 6) is -0.300. The number of amides is 1. The predicted octanol–water partition coefficient (Wildman–Crippen LogP) is 0.928. The van der Waals surface area contributed by atoms with Gasteiger partial charge in [0.05, 0.1) is 6.42 Å². The molecule has 1 amide bonds. The Morgan fingerprint density at radius 1 is 1.56 bits per heavy atom. The molecule has 1 aromatic rings. The second-order valence-corrected chi connectivity index (χ2v) is 4.71. The molecule has 1 aliphatic heterocycles. The zero-order valence-corrected chi connectivity index (χ0v) is 9.24. The van der Waals surface area contributed by atoms with Crippen LogP contribution in [0.1, 0.15) is 12.5 Å². The minimum Gasteiger partial charge on any atom is -0.339 e. The van der Waals surface area contributed by atoms with Crippen molar-refractivity contribution in [3.63, 3.8) is 0 Å².